The van der Waals surface area contributed by atoms with Gasteiger partial charge in [0.2, 0.25) is 11.7 Å². The van der Waals surface area contributed by atoms with Crippen molar-refractivity contribution in [2.45, 2.75) is 38.7 Å². The molecule has 0 radical (unpaired) electrons. The molecule has 126 valence electrons. The summed E-state index contributed by atoms with van der Waals surface area (Å²) in [6, 6.07) is 0. The normalized spacial score (nSPS) is 24.7. The van der Waals surface area contributed by atoms with Crippen molar-refractivity contribution in [3.8, 4) is 0 Å². The van der Waals surface area contributed by atoms with E-state index in [9.17, 15) is 15.0 Å². The summed E-state index contributed by atoms with van der Waals surface area (Å²) in [4.78, 5) is 20.4. The number of ether oxygens (including phenoxy) is 1. The summed E-state index contributed by atoms with van der Waals surface area (Å²) in [6.45, 7) is 4.49. The van der Waals surface area contributed by atoms with Gasteiger partial charge in [0.15, 0.2) is 0 Å². The molecule has 23 heavy (non-hydrogen) atoms. The lowest BCUT2D eigenvalue weighted by Gasteiger charge is -2.14. The fraction of sp³-hybridized carbons (Fsp3) is 0.643. The SMILES string of the molecule is CC(C)CNc1nc(=O)n2ccn([C@H]3C[C@H](O)[C@@H](CO)O3)c2n1. The van der Waals surface area contributed by atoms with Crippen molar-refractivity contribution < 1.29 is 14.9 Å². The number of rotatable bonds is 5. The Morgan fingerprint density at radius 2 is 2.22 bits per heavy atom. The number of aliphatic hydroxyl groups excluding tert-OH is 2. The number of fused-ring (bicyclic) bond motifs is 1. The second-order valence-electron chi connectivity index (χ2n) is 6.09. The van der Waals surface area contributed by atoms with Gasteiger partial charge in [0, 0.05) is 25.4 Å². The molecule has 0 aliphatic carbocycles. The number of imidazole rings is 1. The molecule has 1 fully saturated rings. The fourth-order valence-electron chi connectivity index (χ4n) is 2.57. The molecule has 0 bridgehead atoms. The number of aromatic nitrogens is 4. The largest absolute Gasteiger partial charge is 0.394 e. The molecule has 0 aromatic carbocycles. The average Bonchev–Trinajstić information content (AvgIpc) is 3.08. The van der Waals surface area contributed by atoms with Gasteiger partial charge >= 0.3 is 5.69 Å². The van der Waals surface area contributed by atoms with Gasteiger partial charge in [-0.3, -0.25) is 4.57 Å². The zero-order valence-electron chi connectivity index (χ0n) is 13.1. The van der Waals surface area contributed by atoms with E-state index >= 15 is 0 Å². The third-order valence-corrected chi connectivity index (χ3v) is 3.80. The second kappa shape index (κ2) is 6.26. The highest BCUT2D eigenvalue weighted by Crippen LogP contribution is 2.29. The summed E-state index contributed by atoms with van der Waals surface area (Å²) in [5, 5.41) is 22.1. The van der Waals surface area contributed by atoms with E-state index in [1.165, 1.54) is 4.40 Å². The summed E-state index contributed by atoms with van der Waals surface area (Å²) in [7, 11) is 0. The third-order valence-electron chi connectivity index (χ3n) is 3.80. The summed E-state index contributed by atoms with van der Waals surface area (Å²) >= 11 is 0. The predicted octanol–water partition coefficient (Wildman–Crippen LogP) is -0.400. The van der Waals surface area contributed by atoms with Crippen molar-refractivity contribution in [3.63, 3.8) is 0 Å². The van der Waals surface area contributed by atoms with Crippen molar-refractivity contribution in [1.82, 2.24) is 18.9 Å². The predicted molar refractivity (Wildman–Crippen MR) is 82.2 cm³/mol. The van der Waals surface area contributed by atoms with Crippen LogP contribution in [0.4, 0.5) is 5.95 Å². The Balaban J connectivity index is 1.94. The molecule has 3 N–H and O–H groups in total. The first-order valence-electron chi connectivity index (χ1n) is 7.65. The summed E-state index contributed by atoms with van der Waals surface area (Å²) < 4.78 is 8.61. The zero-order valence-corrected chi connectivity index (χ0v) is 13.1. The van der Waals surface area contributed by atoms with E-state index in [0.717, 1.165) is 0 Å². The molecule has 0 amide bonds. The van der Waals surface area contributed by atoms with Crippen LogP contribution in [0.15, 0.2) is 17.2 Å². The number of hydrogen-bond acceptors (Lipinski definition) is 7. The lowest BCUT2D eigenvalue weighted by molar-refractivity contribution is -0.0432. The zero-order chi connectivity index (χ0) is 16.6. The van der Waals surface area contributed by atoms with Crippen molar-refractivity contribution >= 4 is 11.7 Å². The summed E-state index contributed by atoms with van der Waals surface area (Å²) in [6.07, 6.45) is 1.68. The Morgan fingerprint density at radius 3 is 2.87 bits per heavy atom. The van der Waals surface area contributed by atoms with E-state index in [1.807, 2.05) is 13.8 Å². The van der Waals surface area contributed by atoms with Crippen molar-refractivity contribution in [2.24, 2.45) is 5.92 Å². The average molecular weight is 323 g/mol. The van der Waals surface area contributed by atoms with Crippen LogP contribution >= 0.6 is 0 Å². The van der Waals surface area contributed by atoms with Crippen LogP contribution < -0.4 is 11.0 Å². The van der Waals surface area contributed by atoms with Crippen molar-refractivity contribution in [3.05, 3.63) is 22.9 Å². The summed E-state index contributed by atoms with van der Waals surface area (Å²) in [5.41, 5.74) is -0.433. The van der Waals surface area contributed by atoms with Gasteiger partial charge in [-0.15, -0.1) is 0 Å². The maximum atomic E-state index is 12.1. The Bertz CT molecular complexity index is 740. The second-order valence-corrected chi connectivity index (χ2v) is 6.09. The summed E-state index contributed by atoms with van der Waals surface area (Å²) in [5.74, 6) is 1.04. The Morgan fingerprint density at radius 1 is 1.43 bits per heavy atom. The molecule has 3 rings (SSSR count). The van der Waals surface area contributed by atoms with Gasteiger partial charge in [-0.2, -0.15) is 9.97 Å². The first kappa shape index (κ1) is 15.9. The van der Waals surface area contributed by atoms with E-state index in [2.05, 4.69) is 15.3 Å². The molecule has 0 spiro atoms. The molecule has 0 unspecified atom stereocenters. The monoisotopic (exact) mass is 323 g/mol. The first-order valence-corrected chi connectivity index (χ1v) is 7.65. The minimum atomic E-state index is -0.750. The molecule has 3 heterocycles. The van der Waals surface area contributed by atoms with E-state index in [-0.39, 0.29) is 12.6 Å². The first-order chi connectivity index (χ1) is 11.0. The van der Waals surface area contributed by atoms with E-state index in [4.69, 9.17) is 4.74 Å². The molecular formula is C14H21N5O4. The highest BCUT2D eigenvalue weighted by molar-refractivity contribution is 5.37. The number of nitrogens with one attached hydrogen (secondary N) is 1. The standard InChI is InChI=1S/C14H21N5O4/c1-8(2)6-15-12-16-13-18(3-4-19(13)14(22)17-12)11-5-9(21)10(7-20)23-11/h3-4,8-11,20-21H,5-7H2,1-2H3,(H,15,17,22)/t9-,10+,11+/m0/s1. The fourth-order valence-corrected chi connectivity index (χ4v) is 2.57. The lowest BCUT2D eigenvalue weighted by Crippen LogP contribution is -2.24. The van der Waals surface area contributed by atoms with Gasteiger partial charge in [0.1, 0.15) is 12.3 Å². The number of anilines is 1. The van der Waals surface area contributed by atoms with Crippen molar-refractivity contribution in [2.75, 3.05) is 18.5 Å². The van der Waals surface area contributed by atoms with Crippen LogP contribution in [0.2, 0.25) is 0 Å². The molecule has 9 nitrogen and oxygen atoms in total. The van der Waals surface area contributed by atoms with Gasteiger partial charge in [-0.05, 0) is 5.92 Å². The Kier molecular flexibility index (Phi) is 4.33. The number of hydrogen-bond donors (Lipinski definition) is 3. The molecule has 1 aliphatic heterocycles. The van der Waals surface area contributed by atoms with Crippen LogP contribution in [0, 0.1) is 5.92 Å². The molecule has 1 saturated heterocycles. The highest BCUT2D eigenvalue weighted by atomic mass is 16.5. The van der Waals surface area contributed by atoms with Crippen LogP contribution in [0.1, 0.15) is 26.5 Å². The van der Waals surface area contributed by atoms with Crippen LogP contribution in [0.3, 0.4) is 0 Å². The van der Waals surface area contributed by atoms with Gasteiger partial charge in [0.25, 0.3) is 0 Å². The van der Waals surface area contributed by atoms with E-state index in [1.54, 1.807) is 17.0 Å². The van der Waals surface area contributed by atoms with Gasteiger partial charge in [0.05, 0.1) is 12.7 Å². The van der Waals surface area contributed by atoms with Crippen LogP contribution in [-0.2, 0) is 4.74 Å². The number of nitrogens with zero attached hydrogens (tertiary/aromatic N) is 4. The van der Waals surface area contributed by atoms with E-state index < -0.39 is 24.1 Å². The third kappa shape index (κ3) is 3.07. The molecule has 2 aromatic rings. The van der Waals surface area contributed by atoms with Gasteiger partial charge < -0.3 is 20.3 Å². The Hall–Kier alpha value is -1.97. The van der Waals surface area contributed by atoms with Crippen LogP contribution in [0.5, 0.6) is 0 Å². The minimum Gasteiger partial charge on any atom is -0.394 e. The molecule has 9 heteroatoms. The molecular weight excluding hydrogens is 302 g/mol. The lowest BCUT2D eigenvalue weighted by atomic mass is 10.2. The van der Waals surface area contributed by atoms with Crippen LogP contribution in [-0.4, -0.2) is 54.5 Å². The quantitative estimate of drug-likeness (QED) is 0.686. The molecule has 3 atom stereocenters. The smallest absolute Gasteiger partial charge is 0.357 e. The Labute approximate surface area is 132 Å². The topological polar surface area (TPSA) is 114 Å². The molecule has 2 aromatic heterocycles. The maximum absolute atomic E-state index is 12.1. The maximum Gasteiger partial charge on any atom is 0.357 e. The van der Waals surface area contributed by atoms with Gasteiger partial charge in [-0.25, -0.2) is 9.20 Å². The molecule has 0 saturated carbocycles. The molecule has 1 aliphatic rings. The van der Waals surface area contributed by atoms with E-state index in [0.29, 0.717) is 24.7 Å². The van der Waals surface area contributed by atoms with Crippen molar-refractivity contribution in [1.29, 1.82) is 0 Å². The number of aliphatic hydroxyl groups is 2. The minimum absolute atomic E-state index is 0.257. The van der Waals surface area contributed by atoms with Gasteiger partial charge in [-0.1, -0.05) is 13.8 Å². The van der Waals surface area contributed by atoms with Crippen LogP contribution in [0.25, 0.3) is 5.78 Å². The highest BCUT2D eigenvalue weighted by Gasteiger charge is 2.35.